The van der Waals surface area contributed by atoms with E-state index in [4.69, 9.17) is 4.74 Å². The highest BCUT2D eigenvalue weighted by Gasteiger charge is 2.39. The van der Waals surface area contributed by atoms with E-state index in [2.05, 4.69) is 23.5 Å². The fourth-order valence-corrected chi connectivity index (χ4v) is 4.36. The van der Waals surface area contributed by atoms with Crippen LogP contribution in [-0.4, -0.2) is 10.2 Å². The molecule has 0 saturated heterocycles. The first-order valence-corrected chi connectivity index (χ1v) is 9.51. The van der Waals surface area contributed by atoms with Gasteiger partial charge in [-0.3, -0.25) is 0 Å². The van der Waals surface area contributed by atoms with Crippen molar-refractivity contribution in [3.8, 4) is 23.0 Å². The van der Waals surface area contributed by atoms with E-state index >= 15 is 0 Å². The van der Waals surface area contributed by atoms with Gasteiger partial charge in [0, 0.05) is 23.2 Å². The molecule has 4 nitrogen and oxygen atoms in total. The molecule has 0 bridgehead atoms. The van der Waals surface area contributed by atoms with Crippen LogP contribution in [0.4, 0.5) is 5.69 Å². The smallest absolute Gasteiger partial charge is 0.127 e. The monoisotopic (exact) mass is 371 g/mol. The van der Waals surface area contributed by atoms with Crippen molar-refractivity contribution in [2.24, 2.45) is 5.92 Å². The Bertz CT molecular complexity index is 1040. The molecule has 28 heavy (non-hydrogen) atoms. The molecule has 3 N–H and O–H groups in total. The van der Waals surface area contributed by atoms with Crippen LogP contribution >= 0.6 is 0 Å². The molecule has 2 aliphatic rings. The molecule has 4 heteroatoms. The number of benzene rings is 3. The molecule has 140 valence electrons. The summed E-state index contributed by atoms with van der Waals surface area (Å²) in [4.78, 5) is 0. The largest absolute Gasteiger partial charge is 0.508 e. The van der Waals surface area contributed by atoms with Crippen molar-refractivity contribution in [2.75, 3.05) is 5.32 Å². The molecule has 1 aliphatic carbocycles. The van der Waals surface area contributed by atoms with Crippen molar-refractivity contribution >= 4 is 5.69 Å². The highest BCUT2D eigenvalue weighted by molar-refractivity contribution is 5.63. The van der Waals surface area contributed by atoms with Crippen LogP contribution in [0.3, 0.4) is 0 Å². The third kappa shape index (κ3) is 2.87. The number of rotatable bonds is 3. The molecule has 3 atom stereocenters. The van der Waals surface area contributed by atoms with Crippen LogP contribution in [0, 0.1) is 5.92 Å². The van der Waals surface area contributed by atoms with Crippen molar-refractivity contribution < 1.29 is 14.9 Å². The Morgan fingerprint density at radius 3 is 2.54 bits per heavy atom. The van der Waals surface area contributed by atoms with Gasteiger partial charge < -0.3 is 20.3 Å². The molecule has 3 aromatic rings. The van der Waals surface area contributed by atoms with Crippen molar-refractivity contribution in [1.82, 2.24) is 0 Å². The van der Waals surface area contributed by atoms with Gasteiger partial charge in [-0.2, -0.15) is 0 Å². The third-order valence-electron chi connectivity index (χ3n) is 5.66. The first-order valence-electron chi connectivity index (χ1n) is 9.51. The van der Waals surface area contributed by atoms with Crippen molar-refractivity contribution in [3.63, 3.8) is 0 Å². The van der Waals surface area contributed by atoms with Crippen LogP contribution in [0.1, 0.15) is 29.5 Å². The quantitative estimate of drug-likeness (QED) is 0.516. The maximum atomic E-state index is 10.4. The van der Waals surface area contributed by atoms with Crippen molar-refractivity contribution in [2.45, 2.75) is 18.4 Å². The molecule has 3 aromatic carbocycles. The zero-order chi connectivity index (χ0) is 19.1. The van der Waals surface area contributed by atoms with Gasteiger partial charge in [-0.25, -0.2) is 0 Å². The summed E-state index contributed by atoms with van der Waals surface area (Å²) in [5, 5.41) is 23.6. The van der Waals surface area contributed by atoms with Gasteiger partial charge in [0.25, 0.3) is 0 Å². The lowest BCUT2D eigenvalue weighted by Crippen LogP contribution is -2.29. The van der Waals surface area contributed by atoms with E-state index in [9.17, 15) is 10.2 Å². The average Bonchev–Trinajstić information content (AvgIpc) is 3.19. The minimum atomic E-state index is -0.0195. The molecule has 0 aromatic heterocycles. The van der Waals surface area contributed by atoms with Gasteiger partial charge >= 0.3 is 0 Å². The normalized spacial score (nSPS) is 22.2. The third-order valence-corrected chi connectivity index (χ3v) is 5.66. The predicted octanol–water partition coefficient (Wildman–Crippen LogP) is 5.72. The summed E-state index contributed by atoms with van der Waals surface area (Å²) in [6, 6.07) is 20.7. The molecule has 3 unspecified atom stereocenters. The average molecular weight is 371 g/mol. The summed E-state index contributed by atoms with van der Waals surface area (Å²) in [6.45, 7) is 0. The van der Waals surface area contributed by atoms with Crippen LogP contribution in [0.2, 0.25) is 0 Å². The molecule has 1 heterocycles. The van der Waals surface area contributed by atoms with Gasteiger partial charge in [0.1, 0.15) is 23.0 Å². The molecule has 0 radical (unpaired) electrons. The standard InChI is InChI=1S/C24H21NO3/c26-15-9-11-20(23(27)13-15)24-19-8-4-7-18(19)21-14-17(10-12-22(21)25-24)28-16-5-2-1-3-6-16/h1-7,9-14,18-19,24-27H,8H2. The SMILES string of the molecule is Oc1ccc(C2Nc3ccc(Oc4ccccc4)cc3C3C=CCC32)c(O)c1. The number of para-hydroxylation sites is 1. The number of phenols is 2. The summed E-state index contributed by atoms with van der Waals surface area (Å²) >= 11 is 0. The van der Waals surface area contributed by atoms with Gasteiger partial charge in [0.2, 0.25) is 0 Å². The first-order chi connectivity index (χ1) is 13.7. The number of hydrogen-bond donors (Lipinski definition) is 3. The number of nitrogens with one attached hydrogen (secondary N) is 1. The number of fused-ring (bicyclic) bond motifs is 3. The topological polar surface area (TPSA) is 61.7 Å². The summed E-state index contributed by atoms with van der Waals surface area (Å²) in [6.07, 6.45) is 5.40. The Kier molecular flexibility index (Phi) is 3.97. The Labute approximate surface area is 163 Å². The number of aromatic hydroxyl groups is 2. The van der Waals surface area contributed by atoms with E-state index in [0.29, 0.717) is 5.92 Å². The molecule has 0 fully saturated rings. The van der Waals surface area contributed by atoms with Gasteiger partial charge in [0.05, 0.1) is 6.04 Å². The second-order valence-electron chi connectivity index (χ2n) is 7.38. The van der Waals surface area contributed by atoms with Crippen LogP contribution in [0.15, 0.2) is 78.9 Å². The lowest BCUT2D eigenvalue weighted by molar-refractivity contribution is 0.397. The second kappa shape index (κ2) is 6.64. The zero-order valence-electron chi connectivity index (χ0n) is 15.2. The van der Waals surface area contributed by atoms with E-state index in [1.807, 2.05) is 42.5 Å². The van der Waals surface area contributed by atoms with E-state index in [0.717, 1.165) is 29.2 Å². The molecular weight excluding hydrogens is 350 g/mol. The summed E-state index contributed by atoms with van der Waals surface area (Å²) < 4.78 is 6.02. The number of anilines is 1. The van der Waals surface area contributed by atoms with Crippen LogP contribution in [-0.2, 0) is 0 Å². The highest BCUT2D eigenvalue weighted by atomic mass is 16.5. The van der Waals surface area contributed by atoms with Crippen molar-refractivity contribution in [3.05, 3.63) is 90.0 Å². The number of ether oxygens (including phenoxy) is 1. The maximum absolute atomic E-state index is 10.4. The van der Waals surface area contributed by atoms with Crippen molar-refractivity contribution in [1.29, 1.82) is 0 Å². The summed E-state index contributed by atoms with van der Waals surface area (Å²) in [5.41, 5.74) is 3.07. The predicted molar refractivity (Wildman–Crippen MR) is 109 cm³/mol. The molecule has 5 rings (SSSR count). The minimum Gasteiger partial charge on any atom is -0.508 e. The fraction of sp³-hybridized carbons (Fsp3) is 0.167. The molecular formula is C24H21NO3. The van der Waals surface area contributed by atoms with Gasteiger partial charge in [-0.15, -0.1) is 0 Å². The van der Waals surface area contributed by atoms with Crippen LogP contribution in [0.5, 0.6) is 23.0 Å². The fourth-order valence-electron chi connectivity index (χ4n) is 4.36. The zero-order valence-corrected chi connectivity index (χ0v) is 15.2. The van der Waals surface area contributed by atoms with Gasteiger partial charge in [-0.05, 0) is 60.4 Å². The number of phenolic OH excluding ortho intramolecular Hbond substituents is 2. The van der Waals surface area contributed by atoms with Crippen LogP contribution < -0.4 is 10.1 Å². The Balaban J connectivity index is 1.50. The van der Waals surface area contributed by atoms with E-state index in [1.165, 1.54) is 11.6 Å². The maximum Gasteiger partial charge on any atom is 0.127 e. The Morgan fingerprint density at radius 2 is 1.71 bits per heavy atom. The van der Waals surface area contributed by atoms with E-state index < -0.39 is 0 Å². The molecule has 1 aliphatic heterocycles. The summed E-state index contributed by atoms with van der Waals surface area (Å²) in [5.74, 6) is 2.38. The lowest BCUT2D eigenvalue weighted by atomic mass is 9.77. The highest BCUT2D eigenvalue weighted by Crippen LogP contribution is 2.52. The first kappa shape index (κ1) is 16.8. The van der Waals surface area contributed by atoms with Gasteiger partial charge in [0.15, 0.2) is 0 Å². The number of allylic oxidation sites excluding steroid dienone is 2. The Morgan fingerprint density at radius 1 is 0.857 bits per heavy atom. The number of hydrogen-bond acceptors (Lipinski definition) is 4. The molecule has 0 spiro atoms. The minimum absolute atomic E-state index is 0.0195. The van der Waals surface area contributed by atoms with Gasteiger partial charge in [-0.1, -0.05) is 30.4 Å². The second-order valence-corrected chi connectivity index (χ2v) is 7.38. The Hall–Kier alpha value is -3.40. The van der Waals surface area contributed by atoms with Crippen LogP contribution in [0.25, 0.3) is 0 Å². The summed E-state index contributed by atoms with van der Waals surface area (Å²) in [7, 11) is 0. The molecule has 0 amide bonds. The molecule has 0 saturated carbocycles. The van der Waals surface area contributed by atoms with E-state index in [-0.39, 0.29) is 23.5 Å². The van der Waals surface area contributed by atoms with E-state index in [1.54, 1.807) is 12.1 Å². The lowest BCUT2D eigenvalue weighted by Gasteiger charge is -2.37.